The topological polar surface area (TPSA) is 69.3 Å². The maximum Gasteiger partial charge on any atom is 0.160 e. The van der Waals surface area contributed by atoms with Crippen molar-refractivity contribution < 1.29 is 0 Å². The Morgan fingerprint density at radius 2 is 0.649 bits per heavy atom. The van der Waals surface area contributed by atoms with Gasteiger partial charge in [-0.2, -0.15) is 5.26 Å². The molecule has 0 amide bonds. The first-order valence-corrected chi connectivity index (χ1v) is 31.9. The summed E-state index contributed by atoms with van der Waals surface area (Å²) in [6.45, 7) is 0. The largest absolute Gasteiger partial charge is 0.309 e. The molecule has 0 bridgehead atoms. The number of rotatable bonds is 8. The first-order valence-electron chi connectivity index (χ1n) is 31.9. The van der Waals surface area contributed by atoms with Crippen LogP contribution < -0.4 is 0 Å². The summed E-state index contributed by atoms with van der Waals surface area (Å²) < 4.78 is 9.65. The highest BCUT2D eigenvalue weighted by Gasteiger charge is 2.29. The molecule has 0 spiro atoms. The average Bonchev–Trinajstić information content (AvgIpc) is 1.61. The normalized spacial score (nSPS) is 12.0. The van der Waals surface area contributed by atoms with Crippen LogP contribution >= 0.6 is 0 Å². The van der Waals surface area contributed by atoms with Gasteiger partial charge in [0, 0.05) is 88.1 Å². The minimum atomic E-state index is 0.591. The number of benzene rings is 14. The molecule has 7 nitrogen and oxygen atoms in total. The van der Waals surface area contributed by atoms with Crippen molar-refractivity contribution in [3.8, 4) is 96.1 Å². The fraction of sp³-hybridized carbons (Fsp3) is 0. The van der Waals surface area contributed by atoms with E-state index in [0.29, 0.717) is 11.4 Å². The zero-order chi connectivity index (χ0) is 61.7. The predicted molar refractivity (Wildman–Crippen MR) is 388 cm³/mol. The molecule has 7 heteroatoms. The summed E-state index contributed by atoms with van der Waals surface area (Å²) >= 11 is 0. The molecule has 1 aliphatic rings. The summed E-state index contributed by atoms with van der Waals surface area (Å²) in [4.78, 5) is 11.5. The Bertz CT molecular complexity index is 6170. The van der Waals surface area contributed by atoms with Gasteiger partial charge in [0.05, 0.1) is 67.2 Å². The van der Waals surface area contributed by atoms with Crippen molar-refractivity contribution in [2.45, 2.75) is 0 Å². The van der Waals surface area contributed by atoms with Gasteiger partial charge in [0.25, 0.3) is 0 Å². The van der Waals surface area contributed by atoms with Crippen molar-refractivity contribution in [3.05, 3.63) is 315 Å². The molecule has 0 N–H and O–H groups in total. The molecule has 1 aliphatic carbocycles. The smallest absolute Gasteiger partial charge is 0.160 e. The van der Waals surface area contributed by atoms with Crippen LogP contribution in [-0.2, 0) is 0 Å². The Hall–Kier alpha value is -12.9. The predicted octanol–water partition coefficient (Wildman–Crippen LogP) is 22.2. The Balaban J connectivity index is 0.840. The summed E-state index contributed by atoms with van der Waals surface area (Å²) in [6.07, 6.45) is 0. The minimum Gasteiger partial charge on any atom is -0.309 e. The maximum absolute atomic E-state index is 10.0. The van der Waals surface area contributed by atoms with Gasteiger partial charge >= 0.3 is 0 Å². The SMILES string of the molecule is N#Cc1ccc(-c2nc(-c3cc(-n4c5ccccc5c5ccc(-c6ccc7c(c6)c6ccccc6n7-c6ccccc6)cc54)cc(-n4c5ccccc5c5ccc(-c6ccc7c(c6)c6ccccc6n7-c6ccccc6)cc54)c3)nc3c2-c2cccc4cccc-3c24)cc1. The summed E-state index contributed by atoms with van der Waals surface area (Å²) in [5.41, 5.74) is 25.0. The third-order valence-electron chi connectivity index (χ3n) is 19.7. The summed E-state index contributed by atoms with van der Waals surface area (Å²) in [5.74, 6) is 0.597. The number of aromatic nitrogens is 6. The summed E-state index contributed by atoms with van der Waals surface area (Å²) in [6, 6.07) is 114. The Kier molecular flexibility index (Phi) is 11.1. The fourth-order valence-corrected chi connectivity index (χ4v) is 15.6. The monoisotopic (exact) mass is 1190 g/mol. The van der Waals surface area contributed by atoms with E-state index >= 15 is 0 Å². The van der Waals surface area contributed by atoms with Gasteiger partial charge in [-0.05, 0) is 154 Å². The zero-order valence-electron chi connectivity index (χ0n) is 50.6. The van der Waals surface area contributed by atoms with Crippen LogP contribution in [0.1, 0.15) is 5.56 Å². The van der Waals surface area contributed by atoms with E-state index in [-0.39, 0.29) is 0 Å². The van der Waals surface area contributed by atoms with Gasteiger partial charge in [0.1, 0.15) is 0 Å². The number of para-hydroxylation sites is 6. The second-order valence-corrected chi connectivity index (χ2v) is 24.8. The number of nitrogens with zero attached hydrogens (tertiary/aromatic N) is 7. The first kappa shape index (κ1) is 51.9. The third kappa shape index (κ3) is 7.65. The summed E-state index contributed by atoms with van der Waals surface area (Å²) in [7, 11) is 0. The van der Waals surface area contributed by atoms with Crippen molar-refractivity contribution >= 4 is 98.0 Å². The van der Waals surface area contributed by atoms with E-state index in [9.17, 15) is 5.26 Å². The number of hydrogen-bond acceptors (Lipinski definition) is 3. The molecule has 94 heavy (non-hydrogen) atoms. The molecule has 0 fully saturated rings. The Morgan fingerprint density at radius 3 is 1.15 bits per heavy atom. The number of fused-ring (bicyclic) bond motifs is 15. The van der Waals surface area contributed by atoms with E-state index < -0.39 is 0 Å². The molecular weight excluding hydrogens is 1140 g/mol. The first-order chi connectivity index (χ1) is 46.6. The molecule has 434 valence electrons. The van der Waals surface area contributed by atoms with E-state index in [1.807, 2.05) is 24.3 Å². The van der Waals surface area contributed by atoms with E-state index in [2.05, 4.69) is 309 Å². The minimum absolute atomic E-state index is 0.591. The molecule has 0 unspecified atom stereocenters. The lowest BCUT2D eigenvalue weighted by molar-refractivity contribution is 1.12. The fourth-order valence-electron chi connectivity index (χ4n) is 15.6. The van der Waals surface area contributed by atoms with E-state index in [1.54, 1.807) is 0 Å². The number of nitriles is 1. The lowest BCUT2D eigenvalue weighted by Crippen LogP contribution is -2.03. The molecule has 0 radical (unpaired) electrons. The lowest BCUT2D eigenvalue weighted by Gasteiger charge is -2.17. The maximum atomic E-state index is 10.0. The van der Waals surface area contributed by atoms with Crippen molar-refractivity contribution in [2.24, 2.45) is 0 Å². The molecular formula is C87H51N7. The Morgan fingerprint density at radius 1 is 0.255 bits per heavy atom. The van der Waals surface area contributed by atoms with Crippen molar-refractivity contribution in [2.75, 3.05) is 0 Å². The van der Waals surface area contributed by atoms with Gasteiger partial charge in [-0.3, -0.25) is 0 Å². The van der Waals surface area contributed by atoms with Crippen molar-refractivity contribution in [3.63, 3.8) is 0 Å². The van der Waals surface area contributed by atoms with Crippen LogP contribution in [0.25, 0.3) is 188 Å². The lowest BCUT2D eigenvalue weighted by atomic mass is 9.99. The van der Waals surface area contributed by atoms with Crippen LogP contribution in [0, 0.1) is 11.3 Å². The van der Waals surface area contributed by atoms with Gasteiger partial charge in [0.2, 0.25) is 0 Å². The van der Waals surface area contributed by atoms with E-state index in [1.165, 1.54) is 38.0 Å². The van der Waals surface area contributed by atoms with Crippen LogP contribution in [0.5, 0.6) is 0 Å². The van der Waals surface area contributed by atoms with Crippen molar-refractivity contribution in [1.82, 2.24) is 28.2 Å². The Labute approximate surface area is 539 Å². The number of hydrogen-bond donors (Lipinski definition) is 0. The second kappa shape index (κ2) is 20.1. The van der Waals surface area contributed by atoms with Gasteiger partial charge < -0.3 is 18.3 Å². The molecule has 14 aromatic carbocycles. The van der Waals surface area contributed by atoms with Crippen LogP contribution in [0.2, 0.25) is 0 Å². The van der Waals surface area contributed by atoms with Crippen molar-refractivity contribution in [1.29, 1.82) is 5.26 Å². The quantitative estimate of drug-likeness (QED) is 0.152. The molecule has 5 aromatic heterocycles. The zero-order valence-corrected chi connectivity index (χ0v) is 50.6. The second-order valence-electron chi connectivity index (χ2n) is 24.8. The average molecular weight is 1190 g/mol. The molecule has 0 aliphatic heterocycles. The van der Waals surface area contributed by atoms with Gasteiger partial charge in [-0.1, -0.05) is 194 Å². The van der Waals surface area contributed by atoms with Crippen LogP contribution in [-0.4, -0.2) is 28.2 Å². The molecule has 0 atom stereocenters. The third-order valence-corrected chi connectivity index (χ3v) is 19.7. The molecule has 0 saturated heterocycles. The molecule has 19 aromatic rings. The highest BCUT2D eigenvalue weighted by molar-refractivity contribution is 6.18. The van der Waals surface area contributed by atoms with E-state index in [0.717, 1.165) is 144 Å². The van der Waals surface area contributed by atoms with Crippen LogP contribution in [0.4, 0.5) is 0 Å². The molecule has 5 heterocycles. The van der Waals surface area contributed by atoms with Crippen LogP contribution in [0.3, 0.4) is 0 Å². The van der Waals surface area contributed by atoms with Gasteiger partial charge in [0.15, 0.2) is 5.82 Å². The highest BCUT2D eigenvalue weighted by atomic mass is 15.0. The van der Waals surface area contributed by atoms with Gasteiger partial charge in [-0.15, -0.1) is 0 Å². The summed E-state index contributed by atoms with van der Waals surface area (Å²) in [5, 5.41) is 21.8. The molecule has 20 rings (SSSR count). The molecule has 0 saturated carbocycles. The van der Waals surface area contributed by atoms with E-state index in [4.69, 9.17) is 9.97 Å². The highest BCUT2D eigenvalue weighted by Crippen LogP contribution is 2.51. The van der Waals surface area contributed by atoms with Gasteiger partial charge in [-0.25, -0.2) is 9.97 Å². The van der Waals surface area contributed by atoms with Crippen LogP contribution in [0.15, 0.2) is 309 Å². The standard InChI is InChI=1S/C87H51N7/c88-52-53-33-35-55(36-34-53)85-84-71-27-15-17-54-18-16-28-72(83(54)71)86(84)90-87(89-85)60-45-63(93-75-29-11-7-23-65(75)69-41-37-58(49-81(69)93)56-39-43-79-73(47-56)67-25-9-13-31-77(67)91(79)61-19-3-1-4-20-61)51-64(46-60)94-76-30-12-8-24-66(76)70-42-38-59(50-82(70)94)57-40-44-80-74(48-57)68-26-10-14-32-78(68)92(80)62-21-5-2-6-22-62/h1-51H.